The minimum Gasteiger partial charge on any atom is -0.379 e. The molecule has 0 aromatic carbocycles. The van der Waals surface area contributed by atoms with Gasteiger partial charge >= 0.3 is 0 Å². The summed E-state index contributed by atoms with van der Waals surface area (Å²) in [6.07, 6.45) is 4.54. The summed E-state index contributed by atoms with van der Waals surface area (Å²) in [4.78, 5) is 0. The lowest BCUT2D eigenvalue weighted by Gasteiger charge is -2.30. The number of rotatable bonds is 14. The molecule has 1 N–H and O–H groups in total. The van der Waals surface area contributed by atoms with Crippen molar-refractivity contribution in [2.45, 2.75) is 59.4 Å². The molecule has 0 fully saturated rings. The van der Waals surface area contributed by atoms with Crippen molar-refractivity contribution in [3.05, 3.63) is 0 Å². The summed E-state index contributed by atoms with van der Waals surface area (Å²) in [5.41, 5.74) is 0.301. The normalized spacial score (nSPS) is 13.6. The molecule has 0 aliphatic rings. The minimum absolute atomic E-state index is 0.301. The van der Waals surface area contributed by atoms with Crippen LogP contribution in [0.1, 0.15) is 53.4 Å². The van der Waals surface area contributed by atoms with Gasteiger partial charge in [-0.25, -0.2) is 0 Å². The predicted octanol–water partition coefficient (Wildman–Crippen LogP) is 3.25. The van der Waals surface area contributed by atoms with Crippen LogP contribution in [0.2, 0.25) is 0 Å². The van der Waals surface area contributed by atoms with Crippen LogP contribution in [0.3, 0.4) is 0 Å². The summed E-state index contributed by atoms with van der Waals surface area (Å²) in [6.45, 7) is 13.3. The fraction of sp³-hybridized carbons (Fsp3) is 1.00. The van der Waals surface area contributed by atoms with Gasteiger partial charge in [0.05, 0.1) is 26.4 Å². The van der Waals surface area contributed by atoms with Crippen LogP contribution < -0.4 is 5.32 Å². The smallest absolute Gasteiger partial charge is 0.0701 e. The van der Waals surface area contributed by atoms with E-state index in [-0.39, 0.29) is 0 Å². The van der Waals surface area contributed by atoms with Crippen LogP contribution in [0.25, 0.3) is 0 Å². The molecule has 4 nitrogen and oxygen atoms in total. The van der Waals surface area contributed by atoms with Crippen LogP contribution in [0, 0.1) is 5.41 Å². The van der Waals surface area contributed by atoms with Crippen molar-refractivity contribution in [1.29, 1.82) is 0 Å². The maximum atomic E-state index is 5.59. The van der Waals surface area contributed by atoms with Gasteiger partial charge in [0.2, 0.25) is 0 Å². The highest BCUT2D eigenvalue weighted by Crippen LogP contribution is 2.22. The van der Waals surface area contributed by atoms with Crippen molar-refractivity contribution in [2.24, 2.45) is 5.41 Å². The molecule has 0 saturated heterocycles. The van der Waals surface area contributed by atoms with E-state index >= 15 is 0 Å². The lowest BCUT2D eigenvalue weighted by Crippen LogP contribution is -2.38. The molecule has 0 bridgehead atoms. The Kier molecular flexibility index (Phi) is 13.4. The van der Waals surface area contributed by atoms with Crippen LogP contribution in [0.15, 0.2) is 0 Å². The second-order valence-electron chi connectivity index (χ2n) is 6.54. The molecule has 0 rings (SSSR count). The Labute approximate surface area is 131 Å². The number of unbranched alkanes of at least 4 members (excludes halogenated alkanes) is 1. The lowest BCUT2D eigenvalue weighted by atomic mass is 9.84. The van der Waals surface area contributed by atoms with Gasteiger partial charge in [-0.15, -0.1) is 0 Å². The molecular formula is C17H37NO3. The molecule has 1 unspecified atom stereocenters. The lowest BCUT2D eigenvalue weighted by molar-refractivity contribution is 0.0128. The van der Waals surface area contributed by atoms with Crippen LogP contribution in [0.5, 0.6) is 0 Å². The first-order chi connectivity index (χ1) is 10.0. The molecule has 0 amide bonds. The largest absolute Gasteiger partial charge is 0.379 e. The molecule has 0 radical (unpaired) electrons. The Balaban J connectivity index is 3.26. The van der Waals surface area contributed by atoms with E-state index in [4.69, 9.17) is 14.2 Å². The Bertz CT molecular complexity index is 217. The summed E-state index contributed by atoms with van der Waals surface area (Å²) in [5.74, 6) is 0. The molecule has 1 atom stereocenters. The van der Waals surface area contributed by atoms with Gasteiger partial charge in [0.15, 0.2) is 0 Å². The van der Waals surface area contributed by atoms with Gasteiger partial charge < -0.3 is 19.5 Å². The summed E-state index contributed by atoms with van der Waals surface area (Å²) >= 11 is 0. The van der Waals surface area contributed by atoms with Gasteiger partial charge in [0.1, 0.15) is 0 Å². The molecule has 0 aliphatic heterocycles. The average Bonchev–Trinajstić information content (AvgIpc) is 2.42. The van der Waals surface area contributed by atoms with Gasteiger partial charge in [-0.2, -0.15) is 0 Å². The second-order valence-corrected chi connectivity index (χ2v) is 6.54. The molecule has 0 heterocycles. The van der Waals surface area contributed by atoms with E-state index in [1.54, 1.807) is 0 Å². The Morgan fingerprint density at radius 2 is 1.29 bits per heavy atom. The summed E-state index contributed by atoms with van der Waals surface area (Å²) in [5, 5.41) is 3.39. The Hall–Kier alpha value is -0.160. The van der Waals surface area contributed by atoms with Crippen molar-refractivity contribution in [2.75, 3.05) is 46.7 Å². The highest BCUT2D eigenvalue weighted by atomic mass is 16.5. The number of ether oxygens (including phenoxy) is 3. The van der Waals surface area contributed by atoms with E-state index in [1.807, 2.05) is 7.05 Å². The Morgan fingerprint density at radius 3 is 1.71 bits per heavy atom. The number of hydrogen-bond donors (Lipinski definition) is 1. The van der Waals surface area contributed by atoms with E-state index in [0.717, 1.165) is 32.5 Å². The SMILES string of the molecule is CCCCOCCOCCOCCCC(NC)C(C)(C)C. The highest BCUT2D eigenvalue weighted by molar-refractivity contribution is 4.78. The van der Waals surface area contributed by atoms with Crippen molar-refractivity contribution < 1.29 is 14.2 Å². The molecule has 0 spiro atoms. The molecule has 0 aliphatic carbocycles. The van der Waals surface area contributed by atoms with Crippen molar-refractivity contribution >= 4 is 0 Å². The Morgan fingerprint density at radius 1 is 0.810 bits per heavy atom. The quantitative estimate of drug-likeness (QED) is 0.500. The maximum Gasteiger partial charge on any atom is 0.0701 e. The molecule has 0 saturated carbocycles. The monoisotopic (exact) mass is 303 g/mol. The first-order valence-electron chi connectivity index (χ1n) is 8.42. The van der Waals surface area contributed by atoms with Gasteiger partial charge in [0.25, 0.3) is 0 Å². The molecule has 0 aromatic heterocycles. The predicted molar refractivity (Wildman–Crippen MR) is 88.9 cm³/mol. The molecule has 21 heavy (non-hydrogen) atoms. The summed E-state index contributed by atoms with van der Waals surface area (Å²) < 4.78 is 16.5. The van der Waals surface area contributed by atoms with E-state index in [1.165, 1.54) is 6.42 Å². The van der Waals surface area contributed by atoms with E-state index in [9.17, 15) is 0 Å². The van der Waals surface area contributed by atoms with Gasteiger partial charge in [0, 0.05) is 19.3 Å². The van der Waals surface area contributed by atoms with Gasteiger partial charge in [-0.3, -0.25) is 0 Å². The first kappa shape index (κ1) is 20.8. The van der Waals surface area contributed by atoms with E-state index in [0.29, 0.717) is 37.9 Å². The zero-order chi connectivity index (χ0) is 16.0. The number of nitrogens with one attached hydrogen (secondary N) is 1. The highest BCUT2D eigenvalue weighted by Gasteiger charge is 2.21. The standard InChI is InChI=1S/C17H37NO3/c1-6-7-10-19-12-14-21-15-13-20-11-8-9-16(18-5)17(2,3)4/h16,18H,6-15H2,1-5H3. The fourth-order valence-electron chi connectivity index (χ4n) is 2.19. The third kappa shape index (κ3) is 13.2. The van der Waals surface area contributed by atoms with Gasteiger partial charge in [-0.1, -0.05) is 34.1 Å². The fourth-order valence-corrected chi connectivity index (χ4v) is 2.19. The van der Waals surface area contributed by atoms with Crippen molar-refractivity contribution in [3.63, 3.8) is 0 Å². The topological polar surface area (TPSA) is 39.7 Å². The van der Waals surface area contributed by atoms with Crippen molar-refractivity contribution in [1.82, 2.24) is 5.32 Å². The minimum atomic E-state index is 0.301. The summed E-state index contributed by atoms with van der Waals surface area (Å²) in [6, 6.07) is 0.539. The third-order valence-corrected chi connectivity index (χ3v) is 3.56. The molecule has 128 valence electrons. The zero-order valence-corrected chi connectivity index (χ0v) is 14.9. The zero-order valence-electron chi connectivity index (χ0n) is 14.9. The summed E-state index contributed by atoms with van der Waals surface area (Å²) in [7, 11) is 2.03. The van der Waals surface area contributed by atoms with Crippen LogP contribution in [-0.2, 0) is 14.2 Å². The van der Waals surface area contributed by atoms with Gasteiger partial charge in [-0.05, 0) is 31.7 Å². The molecule has 4 heteroatoms. The van der Waals surface area contributed by atoms with E-state index < -0.39 is 0 Å². The van der Waals surface area contributed by atoms with Crippen LogP contribution in [-0.4, -0.2) is 52.7 Å². The maximum absolute atomic E-state index is 5.59. The average molecular weight is 303 g/mol. The van der Waals surface area contributed by atoms with E-state index in [2.05, 4.69) is 33.0 Å². The number of hydrogen-bond acceptors (Lipinski definition) is 4. The van der Waals surface area contributed by atoms with Crippen LogP contribution in [0.4, 0.5) is 0 Å². The molecular weight excluding hydrogens is 266 g/mol. The molecule has 0 aromatic rings. The third-order valence-electron chi connectivity index (χ3n) is 3.56. The van der Waals surface area contributed by atoms with Crippen LogP contribution >= 0.6 is 0 Å². The van der Waals surface area contributed by atoms with Crippen molar-refractivity contribution in [3.8, 4) is 0 Å². The second kappa shape index (κ2) is 13.5. The first-order valence-corrected chi connectivity index (χ1v) is 8.42.